The van der Waals surface area contributed by atoms with Crippen LogP contribution in [0.15, 0.2) is 23.1 Å². The Labute approximate surface area is 149 Å². The van der Waals surface area contributed by atoms with Crippen LogP contribution in [0.3, 0.4) is 0 Å². The van der Waals surface area contributed by atoms with Crippen LogP contribution in [-0.4, -0.2) is 24.6 Å². The lowest BCUT2D eigenvalue weighted by atomic mass is 10.2. The predicted octanol–water partition coefficient (Wildman–Crippen LogP) is 5.56. The van der Waals surface area contributed by atoms with Crippen LogP contribution in [0.2, 0.25) is 18.1 Å². The van der Waals surface area contributed by atoms with Gasteiger partial charge in [-0.25, -0.2) is 0 Å². The molecule has 1 aromatic rings. The van der Waals surface area contributed by atoms with Crippen molar-refractivity contribution in [3.63, 3.8) is 0 Å². The number of nitro groups is 1. The normalized spacial score (nSPS) is 12.8. The summed E-state index contributed by atoms with van der Waals surface area (Å²) in [6, 6.07) is 3.26. The van der Waals surface area contributed by atoms with Gasteiger partial charge in [0.05, 0.1) is 4.92 Å². The summed E-state index contributed by atoms with van der Waals surface area (Å²) in [4.78, 5) is 22.7. The van der Waals surface area contributed by atoms with Crippen LogP contribution in [0.1, 0.15) is 27.7 Å². The fourth-order valence-electron chi connectivity index (χ4n) is 2.24. The van der Waals surface area contributed by atoms with Gasteiger partial charge in [-0.2, -0.15) is 13.2 Å². The van der Waals surface area contributed by atoms with E-state index in [0.717, 1.165) is 12.1 Å². The van der Waals surface area contributed by atoms with Gasteiger partial charge in [0.1, 0.15) is 5.69 Å². The first kappa shape index (κ1) is 21.5. The van der Waals surface area contributed by atoms with Gasteiger partial charge in [0, 0.05) is 17.9 Å². The number of carbonyl (C=O) groups excluding carboxylic acids is 1. The van der Waals surface area contributed by atoms with Crippen LogP contribution < -0.4 is 4.57 Å². The number of carbonyl (C=O) groups is 1. The number of hydrogen-bond acceptors (Lipinski definition) is 4. The van der Waals surface area contributed by atoms with E-state index < -0.39 is 36.1 Å². The molecular weight excluding hydrogens is 373 g/mol. The maximum absolute atomic E-state index is 12.5. The van der Waals surface area contributed by atoms with Crippen molar-refractivity contribution < 1.29 is 22.9 Å². The molecule has 0 saturated carbocycles. The van der Waals surface area contributed by atoms with Crippen molar-refractivity contribution >= 4 is 37.3 Å². The van der Waals surface area contributed by atoms with E-state index in [1.54, 1.807) is 0 Å². The lowest BCUT2D eigenvalue weighted by molar-refractivity contribution is -0.384. The van der Waals surface area contributed by atoms with E-state index >= 15 is 0 Å². The molecule has 0 N–H and O–H groups in total. The fourth-order valence-corrected chi connectivity index (χ4v) is 5.06. The topological polar surface area (TPSA) is 63.5 Å². The van der Waals surface area contributed by atoms with Crippen LogP contribution in [0.5, 0.6) is 0 Å². The zero-order chi connectivity index (χ0) is 19.8. The minimum atomic E-state index is -4.55. The molecule has 0 bridgehead atoms. The average Bonchev–Trinajstić information content (AvgIpc) is 2.36. The Morgan fingerprint density at radius 2 is 1.76 bits per heavy atom. The second-order valence-electron chi connectivity index (χ2n) is 7.12. The van der Waals surface area contributed by atoms with Crippen molar-refractivity contribution in [2.24, 2.45) is 0 Å². The van der Waals surface area contributed by atoms with Gasteiger partial charge in [-0.1, -0.05) is 33.9 Å². The van der Waals surface area contributed by atoms with Crippen LogP contribution in [-0.2, 0) is 4.79 Å². The zero-order valence-electron chi connectivity index (χ0n) is 14.9. The number of anilines is 1. The minimum absolute atomic E-state index is 0.0376. The standard InChI is InChI=1S/C15H21F3N2O3SSi/c1-10(21)19(25(5,6)14(2,3)4)12-8-7-11(24-15(16,17)18)9-13(12)20(22)23/h7-9H,1-6H3. The highest BCUT2D eigenvalue weighted by molar-refractivity contribution is 8.00. The van der Waals surface area contributed by atoms with Crippen molar-refractivity contribution in [1.29, 1.82) is 0 Å². The largest absolute Gasteiger partial charge is 0.446 e. The molecule has 0 spiro atoms. The summed E-state index contributed by atoms with van der Waals surface area (Å²) < 4.78 is 39.0. The van der Waals surface area contributed by atoms with Crippen molar-refractivity contribution in [2.75, 3.05) is 4.57 Å². The van der Waals surface area contributed by atoms with E-state index in [-0.39, 0.29) is 21.5 Å². The first-order chi connectivity index (χ1) is 11.1. The molecule has 25 heavy (non-hydrogen) atoms. The van der Waals surface area contributed by atoms with Gasteiger partial charge in [0.25, 0.3) is 5.69 Å². The third-order valence-corrected chi connectivity index (χ3v) is 10.4. The second-order valence-corrected chi connectivity index (χ2v) is 13.3. The maximum Gasteiger partial charge on any atom is 0.446 e. The van der Waals surface area contributed by atoms with E-state index in [9.17, 15) is 28.1 Å². The molecule has 0 heterocycles. The summed E-state index contributed by atoms with van der Waals surface area (Å²) in [6.45, 7) is 10.9. The number of rotatable bonds is 4. The third-order valence-electron chi connectivity index (χ3n) is 4.33. The van der Waals surface area contributed by atoms with Crippen molar-refractivity contribution in [1.82, 2.24) is 0 Å². The van der Waals surface area contributed by atoms with Gasteiger partial charge < -0.3 is 4.57 Å². The molecule has 0 aliphatic carbocycles. The quantitative estimate of drug-likeness (QED) is 0.290. The van der Waals surface area contributed by atoms with Gasteiger partial charge in [-0.05, 0) is 28.9 Å². The van der Waals surface area contributed by atoms with Gasteiger partial charge >= 0.3 is 5.51 Å². The molecule has 5 nitrogen and oxygen atoms in total. The van der Waals surface area contributed by atoms with E-state index in [1.165, 1.54) is 17.6 Å². The molecule has 0 aliphatic rings. The number of hydrogen-bond donors (Lipinski definition) is 0. The predicted molar refractivity (Wildman–Crippen MR) is 95.4 cm³/mol. The van der Waals surface area contributed by atoms with E-state index in [1.807, 2.05) is 33.9 Å². The number of thioether (sulfide) groups is 1. The molecule has 1 amide bonds. The third kappa shape index (κ3) is 4.97. The lowest BCUT2D eigenvalue weighted by Crippen LogP contribution is -2.57. The molecule has 0 radical (unpaired) electrons. The van der Waals surface area contributed by atoms with Crippen LogP contribution >= 0.6 is 11.8 Å². The smallest absolute Gasteiger partial charge is 0.335 e. The van der Waals surface area contributed by atoms with Crippen LogP contribution in [0.4, 0.5) is 24.5 Å². The zero-order valence-corrected chi connectivity index (χ0v) is 16.7. The molecule has 0 atom stereocenters. The number of amides is 1. The van der Waals surface area contributed by atoms with Gasteiger partial charge in [0.2, 0.25) is 5.91 Å². The Kier molecular flexibility index (Phi) is 6.00. The van der Waals surface area contributed by atoms with Crippen molar-refractivity contribution in [3.8, 4) is 0 Å². The van der Waals surface area contributed by atoms with Crippen LogP contribution in [0.25, 0.3) is 0 Å². The monoisotopic (exact) mass is 394 g/mol. The summed E-state index contributed by atoms with van der Waals surface area (Å²) in [5.41, 5.74) is -5.01. The second kappa shape index (κ2) is 6.98. The SMILES string of the molecule is CC(=O)N(c1ccc(SC(F)(F)F)cc1[N+](=O)[O-])[Si](C)(C)C(C)(C)C. The number of nitrogens with zero attached hydrogens (tertiary/aromatic N) is 2. The van der Waals surface area contributed by atoms with Gasteiger partial charge in [0.15, 0.2) is 8.24 Å². The van der Waals surface area contributed by atoms with Crippen molar-refractivity contribution in [3.05, 3.63) is 28.3 Å². The Balaban J connectivity index is 3.57. The molecule has 0 fully saturated rings. The molecule has 140 valence electrons. The highest BCUT2D eigenvalue weighted by atomic mass is 32.2. The Hall–Kier alpha value is -1.55. The van der Waals surface area contributed by atoms with Gasteiger partial charge in [-0.15, -0.1) is 0 Å². The average molecular weight is 394 g/mol. The number of alkyl halides is 3. The number of nitro benzene ring substituents is 1. The summed E-state index contributed by atoms with van der Waals surface area (Å²) >= 11 is -0.422. The molecule has 1 aromatic carbocycles. The van der Waals surface area contributed by atoms with E-state index in [2.05, 4.69) is 0 Å². The molecule has 0 unspecified atom stereocenters. The highest BCUT2D eigenvalue weighted by Crippen LogP contribution is 2.45. The summed E-state index contributed by atoms with van der Waals surface area (Å²) in [7, 11) is -2.53. The lowest BCUT2D eigenvalue weighted by Gasteiger charge is -2.45. The summed E-state index contributed by atoms with van der Waals surface area (Å²) in [5.74, 6) is -0.370. The minimum Gasteiger partial charge on any atom is -0.335 e. The Bertz CT molecular complexity index is 688. The van der Waals surface area contributed by atoms with E-state index in [0.29, 0.717) is 0 Å². The Morgan fingerprint density at radius 1 is 1.24 bits per heavy atom. The molecule has 0 saturated heterocycles. The van der Waals surface area contributed by atoms with E-state index in [4.69, 9.17) is 0 Å². The number of benzene rings is 1. The first-order valence-corrected chi connectivity index (χ1v) is 11.2. The van der Waals surface area contributed by atoms with Crippen molar-refractivity contribution in [2.45, 2.75) is 56.2 Å². The van der Waals surface area contributed by atoms with Crippen LogP contribution in [0, 0.1) is 10.1 Å². The first-order valence-electron chi connectivity index (χ1n) is 7.43. The molecule has 10 heteroatoms. The molecular formula is C15H21F3N2O3SSi. The molecule has 1 rings (SSSR count). The summed E-state index contributed by atoms with van der Waals surface area (Å²) in [5, 5.41) is 11.1. The molecule has 0 aromatic heterocycles. The highest BCUT2D eigenvalue weighted by Gasteiger charge is 2.45. The molecule has 0 aliphatic heterocycles. The number of halogens is 3. The maximum atomic E-state index is 12.5. The Morgan fingerprint density at radius 3 is 2.12 bits per heavy atom. The fraction of sp³-hybridized carbons (Fsp3) is 0.533. The summed E-state index contributed by atoms with van der Waals surface area (Å²) in [6.07, 6.45) is 0. The van der Waals surface area contributed by atoms with Gasteiger partial charge in [-0.3, -0.25) is 14.9 Å².